The van der Waals surface area contributed by atoms with Gasteiger partial charge in [-0.05, 0) is 25.7 Å². The number of rotatable bonds is 9. The molecule has 2 N–H and O–H groups in total. The summed E-state index contributed by atoms with van der Waals surface area (Å²) in [5.74, 6) is 0.160. The molecule has 5 nitrogen and oxygen atoms in total. The fraction of sp³-hybridized carbons (Fsp3) is 1.00. The van der Waals surface area contributed by atoms with Gasteiger partial charge in [0, 0.05) is 19.1 Å². The minimum Gasteiger partial charge on any atom is -0.377 e. The average molecular weight is 290 g/mol. The van der Waals surface area contributed by atoms with Crippen LogP contribution in [0.2, 0.25) is 0 Å². The zero-order valence-electron chi connectivity index (χ0n) is 11.6. The van der Waals surface area contributed by atoms with E-state index in [0.717, 1.165) is 12.8 Å². The van der Waals surface area contributed by atoms with Crippen LogP contribution in [-0.2, 0) is 14.8 Å². The fourth-order valence-corrected chi connectivity index (χ4v) is 3.34. The quantitative estimate of drug-likeness (QED) is 0.622. The van der Waals surface area contributed by atoms with Crippen molar-refractivity contribution in [3.05, 3.63) is 0 Å². The molecular weight excluding hydrogens is 264 g/mol. The number of nitrogens with one attached hydrogen (secondary N) is 2. The van der Waals surface area contributed by atoms with Crippen LogP contribution in [0, 0.1) is 0 Å². The van der Waals surface area contributed by atoms with Crippen LogP contribution in [0.3, 0.4) is 0 Å². The van der Waals surface area contributed by atoms with E-state index in [9.17, 15) is 8.42 Å². The highest BCUT2D eigenvalue weighted by Gasteiger charge is 2.21. The van der Waals surface area contributed by atoms with Crippen molar-refractivity contribution in [1.82, 2.24) is 10.0 Å². The maximum atomic E-state index is 11.7. The molecule has 2 rings (SSSR count). The summed E-state index contributed by atoms with van der Waals surface area (Å²) in [5, 5.41) is 3.20. The summed E-state index contributed by atoms with van der Waals surface area (Å²) in [7, 11) is -3.14. The van der Waals surface area contributed by atoms with Crippen molar-refractivity contribution in [2.24, 2.45) is 0 Å². The van der Waals surface area contributed by atoms with Gasteiger partial charge < -0.3 is 10.1 Å². The molecule has 0 bridgehead atoms. The summed E-state index contributed by atoms with van der Waals surface area (Å²) in [6, 6.07) is 0.560. The molecule has 0 atom stereocenters. The van der Waals surface area contributed by atoms with Gasteiger partial charge in [-0.25, -0.2) is 13.1 Å². The monoisotopic (exact) mass is 290 g/mol. The molecule has 19 heavy (non-hydrogen) atoms. The Morgan fingerprint density at radius 2 is 1.74 bits per heavy atom. The Hall–Kier alpha value is -0.170. The number of hydrogen-bond acceptors (Lipinski definition) is 4. The predicted octanol–water partition coefficient (Wildman–Crippen LogP) is 1.01. The second-order valence-electron chi connectivity index (χ2n) is 5.57. The molecule has 0 radical (unpaired) electrons. The van der Waals surface area contributed by atoms with Crippen molar-refractivity contribution in [3.8, 4) is 0 Å². The van der Waals surface area contributed by atoms with Crippen LogP contribution >= 0.6 is 0 Å². The van der Waals surface area contributed by atoms with E-state index in [-0.39, 0.29) is 5.75 Å². The van der Waals surface area contributed by atoms with E-state index in [1.54, 1.807) is 0 Å². The largest absolute Gasteiger partial charge is 0.377 e. The predicted molar refractivity (Wildman–Crippen MR) is 75.6 cm³/mol. The lowest BCUT2D eigenvalue weighted by molar-refractivity contribution is 0.0321. The molecule has 0 aromatic rings. The van der Waals surface area contributed by atoms with Crippen molar-refractivity contribution >= 4 is 10.0 Å². The van der Waals surface area contributed by atoms with E-state index in [4.69, 9.17) is 4.74 Å². The van der Waals surface area contributed by atoms with Crippen LogP contribution in [0.15, 0.2) is 0 Å². The van der Waals surface area contributed by atoms with E-state index in [0.29, 0.717) is 31.8 Å². The van der Waals surface area contributed by atoms with Gasteiger partial charge in [0.1, 0.15) is 0 Å². The first kappa shape index (κ1) is 15.2. The molecule has 6 heteroatoms. The molecule has 112 valence electrons. The lowest BCUT2D eigenvalue weighted by atomic mass is 9.98. The van der Waals surface area contributed by atoms with Crippen LogP contribution < -0.4 is 10.0 Å². The maximum absolute atomic E-state index is 11.7. The molecule has 0 aromatic carbocycles. The zero-order valence-corrected chi connectivity index (χ0v) is 12.4. The first-order valence-corrected chi connectivity index (χ1v) is 9.13. The van der Waals surface area contributed by atoms with Gasteiger partial charge in [-0.2, -0.15) is 0 Å². The molecule has 0 aromatic heterocycles. The highest BCUT2D eigenvalue weighted by Crippen LogP contribution is 2.20. The van der Waals surface area contributed by atoms with Crippen LogP contribution in [0.4, 0.5) is 0 Å². The van der Waals surface area contributed by atoms with Crippen molar-refractivity contribution in [2.75, 3.05) is 25.4 Å². The second-order valence-corrected chi connectivity index (χ2v) is 7.50. The number of hydrogen-bond donors (Lipinski definition) is 2. The van der Waals surface area contributed by atoms with E-state index in [1.165, 1.54) is 32.1 Å². The smallest absolute Gasteiger partial charge is 0.212 e. The molecular formula is C13H26N2O3S. The maximum Gasteiger partial charge on any atom is 0.212 e. The third-order valence-corrected chi connectivity index (χ3v) is 5.10. The van der Waals surface area contributed by atoms with Gasteiger partial charge in [0.2, 0.25) is 10.0 Å². The lowest BCUT2D eigenvalue weighted by Gasteiger charge is -2.22. The van der Waals surface area contributed by atoms with Crippen molar-refractivity contribution in [3.63, 3.8) is 0 Å². The van der Waals surface area contributed by atoms with Gasteiger partial charge in [-0.3, -0.25) is 0 Å². The molecule has 0 unspecified atom stereocenters. The third kappa shape index (κ3) is 6.70. The van der Waals surface area contributed by atoms with Crippen molar-refractivity contribution < 1.29 is 13.2 Å². The van der Waals surface area contributed by atoms with Crippen LogP contribution in [-0.4, -0.2) is 46.0 Å². The highest BCUT2D eigenvalue weighted by molar-refractivity contribution is 7.89. The molecule has 0 saturated heterocycles. The summed E-state index contributed by atoms with van der Waals surface area (Å²) in [4.78, 5) is 0. The SMILES string of the molecule is O=S(=O)(CCNC1CC1)NCCOC1CCCCC1. The van der Waals surface area contributed by atoms with Gasteiger partial charge in [0.25, 0.3) is 0 Å². The lowest BCUT2D eigenvalue weighted by Crippen LogP contribution is -2.35. The van der Waals surface area contributed by atoms with E-state index < -0.39 is 10.0 Å². The first-order chi connectivity index (χ1) is 9.16. The zero-order chi connectivity index (χ0) is 13.6. The Kier molecular flexibility index (Phi) is 6.06. The Morgan fingerprint density at radius 3 is 2.42 bits per heavy atom. The van der Waals surface area contributed by atoms with Gasteiger partial charge in [-0.1, -0.05) is 19.3 Å². The summed E-state index contributed by atoms with van der Waals surface area (Å²) in [6.07, 6.45) is 8.74. The topological polar surface area (TPSA) is 67.4 Å². The Bertz CT molecular complexity index is 349. The Balaban J connectivity index is 1.50. The summed E-state index contributed by atoms with van der Waals surface area (Å²) in [5.41, 5.74) is 0. The molecule has 0 spiro atoms. The van der Waals surface area contributed by atoms with E-state index in [2.05, 4.69) is 10.0 Å². The standard InChI is InChI=1S/C13H26N2O3S/c16-19(17,11-9-14-12-6-7-12)15-8-10-18-13-4-2-1-3-5-13/h12-15H,1-11H2. The summed E-state index contributed by atoms with van der Waals surface area (Å²) in [6.45, 7) is 1.42. The minimum absolute atomic E-state index is 0.160. The molecule has 2 aliphatic carbocycles. The molecule has 0 heterocycles. The van der Waals surface area contributed by atoms with Gasteiger partial charge in [-0.15, -0.1) is 0 Å². The van der Waals surface area contributed by atoms with Crippen molar-refractivity contribution in [2.45, 2.75) is 57.1 Å². The van der Waals surface area contributed by atoms with Crippen molar-refractivity contribution in [1.29, 1.82) is 0 Å². The molecule has 0 aliphatic heterocycles. The Morgan fingerprint density at radius 1 is 1.00 bits per heavy atom. The van der Waals surface area contributed by atoms with Crippen LogP contribution in [0.25, 0.3) is 0 Å². The molecule has 2 saturated carbocycles. The van der Waals surface area contributed by atoms with Crippen LogP contribution in [0.5, 0.6) is 0 Å². The number of ether oxygens (including phenoxy) is 1. The summed E-state index contributed by atoms with van der Waals surface area (Å²) < 4.78 is 31.6. The molecule has 2 fully saturated rings. The average Bonchev–Trinajstić information content (AvgIpc) is 3.20. The van der Waals surface area contributed by atoms with E-state index in [1.807, 2.05) is 0 Å². The fourth-order valence-electron chi connectivity index (χ4n) is 2.41. The van der Waals surface area contributed by atoms with Gasteiger partial charge >= 0.3 is 0 Å². The minimum atomic E-state index is -3.14. The normalized spacial score (nSPS) is 21.7. The second kappa shape index (κ2) is 7.57. The Labute approximate surface area is 116 Å². The molecule has 0 amide bonds. The van der Waals surface area contributed by atoms with E-state index >= 15 is 0 Å². The van der Waals surface area contributed by atoms with Crippen LogP contribution in [0.1, 0.15) is 44.9 Å². The first-order valence-electron chi connectivity index (χ1n) is 7.48. The third-order valence-electron chi connectivity index (χ3n) is 3.71. The molecule has 2 aliphatic rings. The van der Waals surface area contributed by atoms with Gasteiger partial charge in [0.15, 0.2) is 0 Å². The highest BCUT2D eigenvalue weighted by atomic mass is 32.2. The summed E-state index contributed by atoms with van der Waals surface area (Å²) >= 11 is 0. The number of sulfonamides is 1. The van der Waals surface area contributed by atoms with Gasteiger partial charge in [0.05, 0.1) is 18.5 Å².